The van der Waals surface area contributed by atoms with Gasteiger partial charge < -0.3 is 25.1 Å². The first-order valence-corrected chi connectivity index (χ1v) is 7.36. The minimum Gasteiger partial charge on any atom is -0.490 e. The molecule has 4 N–H and O–H groups in total. The largest absolute Gasteiger partial charge is 0.490 e. The number of carboxylic acid groups (broad SMARTS) is 2. The Bertz CT molecular complexity index is 876. The number of halogens is 3. The van der Waals surface area contributed by atoms with E-state index < -0.39 is 29.8 Å². The highest BCUT2D eigenvalue weighted by atomic mass is 19.4. The molecule has 0 aliphatic carbocycles. The average molecular weight is 391 g/mol. The second kappa shape index (κ2) is 9.03. The first kappa shape index (κ1) is 22.0. The van der Waals surface area contributed by atoms with Crippen LogP contribution in [0, 0.1) is 0 Å². The van der Waals surface area contributed by atoms with Gasteiger partial charge in [-0.15, -0.1) is 0 Å². The zero-order chi connectivity index (χ0) is 20.8. The van der Waals surface area contributed by atoms with Crippen molar-refractivity contribution in [2.24, 2.45) is 5.73 Å². The minimum atomic E-state index is -5.08. The molecule has 1 atom stereocenters. The van der Waals surface area contributed by atoms with Crippen molar-refractivity contribution in [3.05, 3.63) is 40.2 Å². The lowest BCUT2D eigenvalue weighted by molar-refractivity contribution is -0.192. The summed E-state index contributed by atoms with van der Waals surface area (Å²) in [5.74, 6) is -3.73. The number of hydrogen-bond donors (Lipinski definition) is 3. The third-order valence-electron chi connectivity index (χ3n) is 3.34. The molecule has 27 heavy (non-hydrogen) atoms. The minimum absolute atomic E-state index is 0.0984. The number of benzene rings is 1. The first-order chi connectivity index (χ1) is 12.5. The van der Waals surface area contributed by atoms with Crippen molar-refractivity contribution in [3.8, 4) is 5.75 Å². The smallest absolute Gasteiger partial charge is 0.490 e. The van der Waals surface area contributed by atoms with Crippen LogP contribution in [0.15, 0.2) is 33.5 Å². The highest BCUT2D eigenvalue weighted by Gasteiger charge is 2.38. The average Bonchev–Trinajstić information content (AvgIpc) is 2.58. The fraction of sp³-hybridized carbons (Fsp3) is 0.312. The van der Waals surface area contributed by atoms with Crippen LogP contribution in [0.5, 0.6) is 5.75 Å². The molecule has 0 aliphatic heterocycles. The van der Waals surface area contributed by atoms with Crippen molar-refractivity contribution >= 4 is 22.9 Å². The van der Waals surface area contributed by atoms with E-state index in [0.717, 1.165) is 5.39 Å². The fourth-order valence-corrected chi connectivity index (χ4v) is 2.07. The van der Waals surface area contributed by atoms with Gasteiger partial charge in [0, 0.05) is 10.9 Å². The molecule has 8 nitrogen and oxygen atoms in total. The van der Waals surface area contributed by atoms with Gasteiger partial charge in [-0.2, -0.15) is 13.2 Å². The molecule has 1 aromatic carbocycles. The third kappa shape index (κ3) is 5.99. The van der Waals surface area contributed by atoms with Crippen molar-refractivity contribution in [3.63, 3.8) is 0 Å². The van der Waals surface area contributed by atoms with Gasteiger partial charge in [0.1, 0.15) is 11.6 Å². The van der Waals surface area contributed by atoms with E-state index in [1.807, 2.05) is 6.07 Å². The van der Waals surface area contributed by atoms with Crippen LogP contribution >= 0.6 is 0 Å². The van der Waals surface area contributed by atoms with Gasteiger partial charge in [0.2, 0.25) is 5.75 Å². The second-order valence-corrected chi connectivity index (χ2v) is 5.18. The molecule has 1 unspecified atom stereocenters. The van der Waals surface area contributed by atoms with Gasteiger partial charge in [0.15, 0.2) is 0 Å². The first-order valence-electron chi connectivity index (χ1n) is 7.36. The van der Waals surface area contributed by atoms with Crippen LogP contribution in [0.2, 0.25) is 0 Å². The van der Waals surface area contributed by atoms with E-state index in [4.69, 9.17) is 29.9 Å². The van der Waals surface area contributed by atoms with Gasteiger partial charge in [-0.3, -0.25) is 4.79 Å². The van der Waals surface area contributed by atoms with Crippen LogP contribution in [0.3, 0.4) is 0 Å². The molecule has 0 bridgehead atoms. The van der Waals surface area contributed by atoms with E-state index in [9.17, 15) is 22.8 Å². The SMILES string of the molecule is COc1c(CCC(N)C(=O)O)c2ccccc2oc1=O.O=C(O)C(F)(F)F. The quantitative estimate of drug-likeness (QED) is 0.655. The van der Waals surface area contributed by atoms with Crippen molar-refractivity contribution in [2.75, 3.05) is 7.11 Å². The number of rotatable bonds is 5. The van der Waals surface area contributed by atoms with Crippen molar-refractivity contribution in [1.29, 1.82) is 0 Å². The lowest BCUT2D eigenvalue weighted by atomic mass is 10.0. The summed E-state index contributed by atoms with van der Waals surface area (Å²) in [5, 5.41) is 16.7. The van der Waals surface area contributed by atoms with E-state index in [2.05, 4.69) is 0 Å². The highest BCUT2D eigenvalue weighted by Crippen LogP contribution is 2.26. The summed E-state index contributed by atoms with van der Waals surface area (Å²) in [7, 11) is 1.38. The molecule has 11 heteroatoms. The number of para-hydroxylation sites is 1. The normalized spacial score (nSPS) is 12.0. The second-order valence-electron chi connectivity index (χ2n) is 5.18. The van der Waals surface area contributed by atoms with Gasteiger partial charge in [-0.1, -0.05) is 18.2 Å². The number of carbonyl (C=O) groups is 2. The molecule has 0 saturated heterocycles. The summed E-state index contributed by atoms with van der Waals surface area (Å²) >= 11 is 0. The number of ether oxygens (including phenoxy) is 1. The number of aryl methyl sites for hydroxylation is 1. The zero-order valence-corrected chi connectivity index (χ0v) is 13.9. The van der Waals surface area contributed by atoms with E-state index in [1.165, 1.54) is 7.11 Å². The highest BCUT2D eigenvalue weighted by molar-refractivity contribution is 5.82. The predicted octanol–water partition coefficient (Wildman–Crippen LogP) is 1.78. The van der Waals surface area contributed by atoms with Gasteiger partial charge in [-0.25, -0.2) is 9.59 Å². The third-order valence-corrected chi connectivity index (χ3v) is 3.34. The lowest BCUT2D eigenvalue weighted by Crippen LogP contribution is -2.30. The molecule has 0 radical (unpaired) electrons. The number of fused-ring (bicyclic) bond motifs is 1. The summed E-state index contributed by atoms with van der Waals surface area (Å²) < 4.78 is 42.0. The Kier molecular flexibility index (Phi) is 7.35. The Morgan fingerprint density at radius 1 is 1.26 bits per heavy atom. The molecular formula is C16H16F3NO7. The van der Waals surface area contributed by atoms with Crippen molar-refractivity contribution in [1.82, 2.24) is 0 Å². The van der Waals surface area contributed by atoms with Crippen molar-refractivity contribution in [2.45, 2.75) is 25.1 Å². The maximum absolute atomic E-state index is 11.8. The Morgan fingerprint density at radius 2 is 1.81 bits per heavy atom. The van der Waals surface area contributed by atoms with E-state index in [0.29, 0.717) is 17.6 Å². The molecule has 2 rings (SSSR count). The van der Waals surface area contributed by atoms with Gasteiger partial charge >= 0.3 is 23.7 Å². The Balaban J connectivity index is 0.000000445. The van der Waals surface area contributed by atoms with E-state index in [-0.39, 0.29) is 12.2 Å². The molecule has 148 valence electrons. The molecule has 0 spiro atoms. The summed E-state index contributed by atoms with van der Waals surface area (Å²) in [6.45, 7) is 0. The number of carboxylic acids is 2. The topological polar surface area (TPSA) is 140 Å². The van der Waals surface area contributed by atoms with Crippen molar-refractivity contribution < 1.29 is 42.1 Å². The lowest BCUT2D eigenvalue weighted by Gasteiger charge is -2.11. The van der Waals surface area contributed by atoms with Crippen LogP contribution in [0.25, 0.3) is 11.0 Å². The standard InChI is InChI=1S/C14H15NO5.C2HF3O2/c1-19-12-9(6-7-10(15)13(16)17)8-4-2-3-5-11(8)20-14(12)18;3-2(4,5)1(6)7/h2-5,10H,6-7,15H2,1H3,(H,16,17);(H,6,7). The number of alkyl halides is 3. The number of aliphatic carboxylic acids is 2. The maximum Gasteiger partial charge on any atom is 0.490 e. The zero-order valence-electron chi connectivity index (χ0n) is 13.9. The van der Waals surface area contributed by atoms with E-state index >= 15 is 0 Å². The van der Waals surface area contributed by atoms with Gasteiger partial charge in [0.05, 0.1) is 7.11 Å². The molecular weight excluding hydrogens is 375 g/mol. The molecule has 0 amide bonds. The summed E-state index contributed by atoms with van der Waals surface area (Å²) in [4.78, 5) is 31.5. The Hall–Kier alpha value is -3.08. The predicted molar refractivity (Wildman–Crippen MR) is 86.7 cm³/mol. The molecule has 1 aromatic heterocycles. The van der Waals surface area contributed by atoms with Crippen LogP contribution in [-0.2, 0) is 16.0 Å². The fourth-order valence-electron chi connectivity index (χ4n) is 2.07. The van der Waals surface area contributed by atoms with Crippen LogP contribution in [-0.4, -0.2) is 41.5 Å². The van der Waals surface area contributed by atoms with Gasteiger partial charge in [0.25, 0.3) is 0 Å². The summed E-state index contributed by atoms with van der Waals surface area (Å²) in [6, 6.07) is 6.05. The monoisotopic (exact) mass is 391 g/mol. The maximum atomic E-state index is 11.8. The number of methoxy groups -OCH3 is 1. The number of nitrogens with two attached hydrogens (primary N) is 1. The number of hydrogen-bond acceptors (Lipinski definition) is 6. The summed E-state index contributed by atoms with van der Waals surface area (Å²) in [5.41, 5.74) is 5.98. The van der Waals surface area contributed by atoms with Crippen LogP contribution < -0.4 is 16.1 Å². The van der Waals surface area contributed by atoms with Gasteiger partial charge in [-0.05, 0) is 18.9 Å². The molecule has 0 aliphatic rings. The van der Waals surface area contributed by atoms with E-state index in [1.54, 1.807) is 18.2 Å². The Morgan fingerprint density at radius 3 is 2.30 bits per heavy atom. The Labute approximate surface area is 150 Å². The van der Waals surface area contributed by atoms with Crippen LogP contribution in [0.4, 0.5) is 13.2 Å². The summed E-state index contributed by atoms with van der Waals surface area (Å²) in [6.07, 6.45) is -4.55. The van der Waals surface area contributed by atoms with Crippen LogP contribution in [0.1, 0.15) is 12.0 Å². The molecule has 1 heterocycles. The molecule has 2 aromatic rings. The molecule has 0 fully saturated rings. The molecule has 0 saturated carbocycles.